The average molecular weight is 383 g/mol. The van der Waals surface area contributed by atoms with Crippen molar-refractivity contribution in [3.8, 4) is 11.5 Å². The van der Waals surface area contributed by atoms with E-state index in [0.717, 1.165) is 43.3 Å². The highest BCUT2D eigenvalue weighted by atomic mass is 35.5. The molecular weight excluding hydrogens is 360 g/mol. The summed E-state index contributed by atoms with van der Waals surface area (Å²) in [5.74, 6) is 1.26. The summed E-state index contributed by atoms with van der Waals surface area (Å²) in [5.41, 5.74) is 2.25. The molecule has 0 amide bonds. The van der Waals surface area contributed by atoms with Crippen molar-refractivity contribution >= 4 is 11.6 Å². The first-order valence-electron chi connectivity index (χ1n) is 9.29. The van der Waals surface area contributed by atoms with Crippen LogP contribution in [0.1, 0.15) is 24.4 Å². The van der Waals surface area contributed by atoms with Crippen LogP contribution < -0.4 is 0 Å². The van der Waals surface area contributed by atoms with E-state index >= 15 is 0 Å². The van der Waals surface area contributed by atoms with Crippen molar-refractivity contribution in [3.05, 3.63) is 71.1 Å². The van der Waals surface area contributed by atoms with Crippen molar-refractivity contribution < 1.29 is 4.42 Å². The maximum atomic E-state index is 5.97. The Balaban J connectivity index is 1.34. The van der Waals surface area contributed by atoms with Gasteiger partial charge in [0.2, 0.25) is 11.8 Å². The van der Waals surface area contributed by atoms with Crippen molar-refractivity contribution in [2.75, 3.05) is 26.2 Å². The third kappa shape index (κ3) is 4.38. The molecule has 6 heteroatoms. The summed E-state index contributed by atoms with van der Waals surface area (Å²) in [7, 11) is 0. The normalized spacial score (nSPS) is 17.1. The Labute approximate surface area is 164 Å². The first-order chi connectivity index (χ1) is 13.2. The van der Waals surface area contributed by atoms with Gasteiger partial charge in [0, 0.05) is 43.3 Å². The predicted octanol–water partition coefficient (Wildman–Crippen LogP) is 4.27. The number of hydrogen-bond acceptors (Lipinski definition) is 5. The van der Waals surface area contributed by atoms with Crippen LogP contribution in [0.3, 0.4) is 0 Å². The Morgan fingerprint density at radius 3 is 2.37 bits per heavy atom. The van der Waals surface area contributed by atoms with Crippen molar-refractivity contribution in [1.29, 1.82) is 0 Å². The Hall–Kier alpha value is -2.21. The molecule has 1 aliphatic heterocycles. The van der Waals surface area contributed by atoms with Gasteiger partial charge in [-0.1, -0.05) is 41.9 Å². The fourth-order valence-electron chi connectivity index (χ4n) is 3.41. The second-order valence-electron chi connectivity index (χ2n) is 6.93. The molecule has 2 heterocycles. The van der Waals surface area contributed by atoms with Crippen LogP contribution in [0, 0.1) is 0 Å². The monoisotopic (exact) mass is 382 g/mol. The topological polar surface area (TPSA) is 45.4 Å². The second-order valence-corrected chi connectivity index (χ2v) is 7.36. The van der Waals surface area contributed by atoms with Crippen molar-refractivity contribution in [2.45, 2.75) is 19.5 Å². The Morgan fingerprint density at radius 2 is 1.67 bits per heavy atom. The molecule has 0 bridgehead atoms. The summed E-state index contributed by atoms with van der Waals surface area (Å²) in [6, 6.07) is 18.1. The van der Waals surface area contributed by atoms with Gasteiger partial charge in [-0.2, -0.15) is 0 Å². The molecule has 1 fully saturated rings. The van der Waals surface area contributed by atoms with Gasteiger partial charge in [-0.05, 0) is 36.8 Å². The summed E-state index contributed by atoms with van der Waals surface area (Å²) >= 11 is 5.97. The molecule has 0 aliphatic carbocycles. The number of hydrogen-bond donors (Lipinski definition) is 0. The molecule has 0 radical (unpaired) electrons. The average Bonchev–Trinajstić information content (AvgIpc) is 3.21. The van der Waals surface area contributed by atoms with Crippen LogP contribution in [0.15, 0.2) is 59.0 Å². The van der Waals surface area contributed by atoms with Crippen LogP contribution in [0.2, 0.25) is 5.02 Å². The highest BCUT2D eigenvalue weighted by Crippen LogP contribution is 2.25. The van der Waals surface area contributed by atoms with E-state index in [1.165, 1.54) is 5.56 Å². The fourth-order valence-corrected chi connectivity index (χ4v) is 3.54. The number of piperazine rings is 1. The van der Waals surface area contributed by atoms with Gasteiger partial charge in [-0.3, -0.25) is 9.80 Å². The lowest BCUT2D eigenvalue weighted by molar-refractivity contribution is 0.0876. The summed E-state index contributed by atoms with van der Waals surface area (Å²) in [6.45, 7) is 7.10. The van der Waals surface area contributed by atoms with Crippen LogP contribution in [-0.4, -0.2) is 46.2 Å². The number of rotatable bonds is 5. The minimum Gasteiger partial charge on any atom is -0.419 e. The van der Waals surface area contributed by atoms with Gasteiger partial charge in [0.05, 0.1) is 6.04 Å². The zero-order valence-electron chi connectivity index (χ0n) is 15.4. The summed E-state index contributed by atoms with van der Waals surface area (Å²) in [6.07, 6.45) is 0. The van der Waals surface area contributed by atoms with E-state index in [1.54, 1.807) is 0 Å². The third-order valence-corrected chi connectivity index (χ3v) is 5.34. The van der Waals surface area contributed by atoms with Crippen LogP contribution >= 0.6 is 11.6 Å². The van der Waals surface area contributed by atoms with E-state index in [1.807, 2.05) is 42.5 Å². The number of nitrogens with zero attached hydrogens (tertiary/aromatic N) is 4. The first-order valence-corrected chi connectivity index (χ1v) is 9.66. The highest BCUT2D eigenvalue weighted by molar-refractivity contribution is 6.30. The zero-order valence-corrected chi connectivity index (χ0v) is 16.1. The largest absolute Gasteiger partial charge is 0.419 e. The highest BCUT2D eigenvalue weighted by Gasteiger charge is 2.25. The Bertz CT molecular complexity index is 857. The summed E-state index contributed by atoms with van der Waals surface area (Å²) in [5, 5.41) is 9.28. The third-order valence-electron chi connectivity index (χ3n) is 5.09. The molecule has 0 spiro atoms. The van der Waals surface area contributed by atoms with E-state index < -0.39 is 0 Å². The lowest BCUT2D eigenvalue weighted by Gasteiger charge is -2.36. The van der Waals surface area contributed by atoms with Gasteiger partial charge in [-0.25, -0.2) is 0 Å². The van der Waals surface area contributed by atoms with Crippen molar-refractivity contribution in [1.82, 2.24) is 20.0 Å². The first kappa shape index (κ1) is 18.2. The van der Waals surface area contributed by atoms with Gasteiger partial charge in [0.1, 0.15) is 0 Å². The maximum absolute atomic E-state index is 5.97. The van der Waals surface area contributed by atoms with Gasteiger partial charge in [0.15, 0.2) is 0 Å². The minimum atomic E-state index is 0.118. The molecule has 1 aliphatic rings. The summed E-state index contributed by atoms with van der Waals surface area (Å²) < 4.78 is 5.93. The van der Waals surface area contributed by atoms with E-state index in [4.69, 9.17) is 16.0 Å². The second kappa shape index (κ2) is 8.21. The van der Waals surface area contributed by atoms with Gasteiger partial charge in [-0.15, -0.1) is 10.2 Å². The van der Waals surface area contributed by atoms with Crippen LogP contribution in [-0.2, 0) is 6.54 Å². The predicted molar refractivity (Wildman–Crippen MR) is 106 cm³/mol. The molecule has 0 unspecified atom stereocenters. The minimum absolute atomic E-state index is 0.118. The quantitative estimate of drug-likeness (QED) is 0.659. The molecule has 140 valence electrons. The van der Waals surface area contributed by atoms with Gasteiger partial charge in [0.25, 0.3) is 0 Å². The molecule has 1 aromatic heterocycles. The van der Waals surface area contributed by atoms with Crippen LogP contribution in [0.25, 0.3) is 11.5 Å². The maximum Gasteiger partial charge on any atom is 0.247 e. The lowest BCUT2D eigenvalue weighted by atomic mass is 10.2. The van der Waals surface area contributed by atoms with Gasteiger partial charge < -0.3 is 4.42 Å². The van der Waals surface area contributed by atoms with E-state index in [0.29, 0.717) is 11.8 Å². The van der Waals surface area contributed by atoms with Crippen molar-refractivity contribution in [3.63, 3.8) is 0 Å². The number of benzene rings is 2. The van der Waals surface area contributed by atoms with E-state index in [-0.39, 0.29) is 6.04 Å². The Kier molecular flexibility index (Phi) is 5.53. The lowest BCUT2D eigenvalue weighted by Crippen LogP contribution is -2.46. The molecule has 1 saturated heterocycles. The van der Waals surface area contributed by atoms with E-state index in [9.17, 15) is 0 Å². The summed E-state index contributed by atoms with van der Waals surface area (Å²) in [4.78, 5) is 4.87. The van der Waals surface area contributed by atoms with Crippen LogP contribution in [0.4, 0.5) is 0 Å². The smallest absolute Gasteiger partial charge is 0.247 e. The number of aromatic nitrogens is 2. The van der Waals surface area contributed by atoms with Gasteiger partial charge >= 0.3 is 0 Å². The molecule has 0 N–H and O–H groups in total. The standard InChI is InChI=1S/C21H23ClN4O/c1-16(20-23-24-21(27-20)18-5-3-2-4-6-18)26-13-11-25(12-14-26)15-17-7-9-19(22)10-8-17/h2-10,16H,11-15H2,1H3/t16-/m1/s1. The molecular formula is C21H23ClN4O. The molecule has 27 heavy (non-hydrogen) atoms. The zero-order chi connectivity index (χ0) is 18.6. The number of halogens is 1. The fraction of sp³-hybridized carbons (Fsp3) is 0.333. The molecule has 0 saturated carbocycles. The SMILES string of the molecule is C[C@H](c1nnc(-c2ccccc2)o1)N1CCN(Cc2ccc(Cl)cc2)CC1. The molecule has 2 aromatic carbocycles. The molecule has 5 nitrogen and oxygen atoms in total. The van der Waals surface area contributed by atoms with Crippen LogP contribution in [0.5, 0.6) is 0 Å². The van der Waals surface area contributed by atoms with Crippen molar-refractivity contribution in [2.24, 2.45) is 0 Å². The molecule has 4 rings (SSSR count). The Morgan fingerprint density at radius 1 is 0.963 bits per heavy atom. The molecule has 3 aromatic rings. The molecule has 1 atom stereocenters. The van der Waals surface area contributed by atoms with E-state index in [2.05, 4.69) is 39.1 Å².